The fourth-order valence-electron chi connectivity index (χ4n) is 5.23. The highest BCUT2D eigenvalue weighted by Gasteiger charge is 2.21. The zero-order valence-electron chi connectivity index (χ0n) is 25.4. The molecule has 1 amide bonds. The lowest BCUT2D eigenvalue weighted by molar-refractivity contribution is 0.0741. The minimum atomic E-state index is 0.0564. The van der Waals surface area contributed by atoms with Crippen molar-refractivity contribution in [2.45, 2.75) is 66.2 Å². The first-order valence-corrected chi connectivity index (χ1v) is 15.5. The lowest BCUT2D eigenvalue weighted by Crippen LogP contribution is -2.34. The Morgan fingerprint density at radius 1 is 1.05 bits per heavy atom. The number of ether oxygens (including phenoxy) is 1. The molecule has 4 rings (SSSR count). The van der Waals surface area contributed by atoms with Crippen LogP contribution in [0.4, 0.5) is 0 Å². The van der Waals surface area contributed by atoms with Gasteiger partial charge in [-0.25, -0.2) is 4.52 Å². The summed E-state index contributed by atoms with van der Waals surface area (Å²) in [6.45, 7) is 13.6. The van der Waals surface area contributed by atoms with Gasteiger partial charge in [0, 0.05) is 48.4 Å². The summed E-state index contributed by atoms with van der Waals surface area (Å²) in [7, 11) is 1.65. The molecule has 1 aliphatic rings. The van der Waals surface area contributed by atoms with Crippen molar-refractivity contribution in [2.24, 2.45) is 11.8 Å². The number of nitrogens with zero attached hydrogens (tertiary/aromatic N) is 4. The number of halogens is 1. The molecule has 7 heteroatoms. The summed E-state index contributed by atoms with van der Waals surface area (Å²) >= 11 is 6.41. The van der Waals surface area contributed by atoms with Crippen LogP contribution in [0.2, 0.25) is 5.02 Å². The second-order valence-electron chi connectivity index (χ2n) is 11.9. The van der Waals surface area contributed by atoms with Crippen LogP contribution in [0, 0.1) is 23.7 Å². The van der Waals surface area contributed by atoms with E-state index in [9.17, 15) is 4.79 Å². The third-order valence-corrected chi connectivity index (χ3v) is 7.99. The Morgan fingerprint density at radius 3 is 2.41 bits per heavy atom. The van der Waals surface area contributed by atoms with E-state index in [0.29, 0.717) is 33.9 Å². The van der Waals surface area contributed by atoms with E-state index < -0.39 is 0 Å². The Hall–Kier alpha value is -3.01. The number of likely N-dealkylation sites (tertiary alicyclic amines) is 1. The van der Waals surface area contributed by atoms with Gasteiger partial charge in [0.15, 0.2) is 0 Å². The van der Waals surface area contributed by atoms with Gasteiger partial charge < -0.3 is 14.5 Å². The van der Waals surface area contributed by atoms with E-state index >= 15 is 0 Å². The maximum absolute atomic E-state index is 13.8. The standard InChI is InChI=1S/C34H45ClN4O2/c1-25(2)14-20-38(21-15-26(3)4)34(40)27-16-22-39-31(23-27)29(11-7-10-19-37-17-8-6-9-18-37)33(36-39)30-24-28(35)12-13-32(30)41-5/h12-13,16,22-26H,6,8-10,14-15,17-21H2,1-5H3. The normalized spacial score (nSPS) is 14.0. The van der Waals surface area contributed by atoms with Crippen LogP contribution in [-0.2, 0) is 0 Å². The van der Waals surface area contributed by atoms with Crippen LogP contribution in [0.1, 0.15) is 82.1 Å². The first-order chi connectivity index (χ1) is 19.8. The predicted octanol–water partition coefficient (Wildman–Crippen LogP) is 7.43. The summed E-state index contributed by atoms with van der Waals surface area (Å²) in [6, 6.07) is 9.34. The Bertz CT molecular complexity index is 1370. The molecular weight excluding hydrogens is 532 g/mol. The number of hydrogen-bond donors (Lipinski definition) is 0. The molecule has 1 aromatic carbocycles. The third kappa shape index (κ3) is 8.27. The van der Waals surface area contributed by atoms with E-state index in [1.165, 1.54) is 19.3 Å². The maximum Gasteiger partial charge on any atom is 0.253 e. The molecule has 1 saturated heterocycles. The first kappa shape index (κ1) is 30.9. The number of carbonyl (C=O) groups is 1. The number of rotatable bonds is 11. The average molecular weight is 577 g/mol. The summed E-state index contributed by atoms with van der Waals surface area (Å²) in [5.74, 6) is 8.65. The minimum absolute atomic E-state index is 0.0564. The van der Waals surface area contributed by atoms with Gasteiger partial charge in [-0.15, -0.1) is 0 Å². The van der Waals surface area contributed by atoms with E-state index in [1.807, 2.05) is 45.9 Å². The number of aromatic nitrogens is 2. The summed E-state index contributed by atoms with van der Waals surface area (Å²) in [5, 5.41) is 5.51. The molecular formula is C34H45ClN4O2. The Labute approximate surface area is 251 Å². The van der Waals surface area contributed by atoms with Gasteiger partial charge in [-0.2, -0.15) is 5.10 Å². The molecule has 0 N–H and O–H groups in total. The highest BCUT2D eigenvalue weighted by Crippen LogP contribution is 2.35. The molecule has 220 valence electrons. The summed E-state index contributed by atoms with van der Waals surface area (Å²) in [4.78, 5) is 18.3. The lowest BCUT2D eigenvalue weighted by Gasteiger charge is -2.25. The van der Waals surface area contributed by atoms with Gasteiger partial charge in [0.2, 0.25) is 0 Å². The van der Waals surface area contributed by atoms with Crippen molar-refractivity contribution in [2.75, 3.05) is 39.8 Å². The quantitative estimate of drug-likeness (QED) is 0.223. The van der Waals surface area contributed by atoms with Crippen LogP contribution in [0.15, 0.2) is 36.5 Å². The topological polar surface area (TPSA) is 50.1 Å². The average Bonchev–Trinajstić information content (AvgIpc) is 3.32. The van der Waals surface area contributed by atoms with E-state index in [-0.39, 0.29) is 5.91 Å². The maximum atomic E-state index is 13.8. The number of hydrogen-bond acceptors (Lipinski definition) is 4. The monoisotopic (exact) mass is 576 g/mol. The lowest BCUT2D eigenvalue weighted by atomic mass is 10.0. The molecule has 3 heterocycles. The van der Waals surface area contributed by atoms with E-state index in [2.05, 4.69) is 44.4 Å². The van der Waals surface area contributed by atoms with Gasteiger partial charge in [-0.3, -0.25) is 4.79 Å². The van der Waals surface area contributed by atoms with Crippen LogP contribution in [0.25, 0.3) is 16.8 Å². The number of piperidine rings is 1. The number of methoxy groups -OCH3 is 1. The predicted molar refractivity (Wildman–Crippen MR) is 169 cm³/mol. The molecule has 1 aliphatic heterocycles. The molecule has 0 bridgehead atoms. The van der Waals surface area contributed by atoms with Crippen molar-refractivity contribution in [3.63, 3.8) is 0 Å². The molecule has 3 aromatic rings. The smallest absolute Gasteiger partial charge is 0.253 e. The fourth-order valence-corrected chi connectivity index (χ4v) is 5.40. The molecule has 0 saturated carbocycles. The fraction of sp³-hybridized carbons (Fsp3) is 0.529. The minimum Gasteiger partial charge on any atom is -0.496 e. The van der Waals surface area contributed by atoms with Crippen molar-refractivity contribution in [1.29, 1.82) is 0 Å². The van der Waals surface area contributed by atoms with Gasteiger partial charge in [0.1, 0.15) is 11.4 Å². The van der Waals surface area contributed by atoms with Gasteiger partial charge in [-0.1, -0.05) is 57.6 Å². The number of fused-ring (bicyclic) bond motifs is 1. The van der Waals surface area contributed by atoms with Crippen LogP contribution >= 0.6 is 11.6 Å². The van der Waals surface area contributed by atoms with Crippen LogP contribution in [0.3, 0.4) is 0 Å². The number of carbonyl (C=O) groups excluding carboxylic acids is 1. The molecule has 0 unspecified atom stereocenters. The van der Waals surface area contributed by atoms with E-state index in [1.54, 1.807) is 7.11 Å². The highest BCUT2D eigenvalue weighted by atomic mass is 35.5. The summed E-state index contributed by atoms with van der Waals surface area (Å²) in [5.41, 5.74) is 3.75. The zero-order valence-corrected chi connectivity index (χ0v) is 26.1. The molecule has 0 radical (unpaired) electrons. The Kier molecular flexibility index (Phi) is 11.1. The van der Waals surface area contributed by atoms with E-state index in [4.69, 9.17) is 21.4 Å². The SMILES string of the molecule is COc1ccc(Cl)cc1-c1nn2ccc(C(=O)N(CCC(C)C)CCC(C)C)cc2c1C#CCCN1CCCCC1. The van der Waals surface area contributed by atoms with Crippen molar-refractivity contribution >= 4 is 23.0 Å². The molecule has 1 fully saturated rings. The van der Waals surface area contributed by atoms with Gasteiger partial charge in [0.25, 0.3) is 5.91 Å². The second-order valence-corrected chi connectivity index (χ2v) is 12.4. The summed E-state index contributed by atoms with van der Waals surface area (Å²) < 4.78 is 7.49. The van der Waals surface area contributed by atoms with Gasteiger partial charge in [0.05, 0.1) is 18.2 Å². The van der Waals surface area contributed by atoms with Crippen molar-refractivity contribution in [1.82, 2.24) is 19.4 Å². The second kappa shape index (κ2) is 14.8. The van der Waals surface area contributed by atoms with Crippen LogP contribution < -0.4 is 4.74 Å². The number of benzene rings is 1. The Balaban J connectivity index is 1.73. The number of pyridine rings is 1. The van der Waals surface area contributed by atoms with Crippen molar-refractivity contribution in [3.8, 4) is 28.8 Å². The van der Waals surface area contributed by atoms with Crippen molar-refractivity contribution < 1.29 is 9.53 Å². The third-order valence-electron chi connectivity index (χ3n) is 7.75. The highest BCUT2D eigenvalue weighted by molar-refractivity contribution is 6.31. The first-order valence-electron chi connectivity index (χ1n) is 15.1. The van der Waals surface area contributed by atoms with E-state index in [0.717, 1.165) is 68.6 Å². The van der Waals surface area contributed by atoms with Crippen molar-refractivity contribution in [3.05, 3.63) is 52.7 Å². The van der Waals surface area contributed by atoms with Gasteiger partial charge >= 0.3 is 0 Å². The zero-order chi connectivity index (χ0) is 29.4. The Morgan fingerprint density at radius 2 is 1.76 bits per heavy atom. The molecule has 41 heavy (non-hydrogen) atoms. The molecule has 0 spiro atoms. The van der Waals surface area contributed by atoms with Crippen LogP contribution in [-0.4, -0.2) is 65.2 Å². The largest absolute Gasteiger partial charge is 0.496 e. The molecule has 2 aromatic heterocycles. The van der Waals surface area contributed by atoms with Gasteiger partial charge in [-0.05, 0) is 80.9 Å². The molecule has 0 atom stereocenters. The molecule has 6 nitrogen and oxygen atoms in total. The summed E-state index contributed by atoms with van der Waals surface area (Å²) in [6.07, 6.45) is 8.45. The number of amides is 1. The van der Waals surface area contributed by atoms with Crippen LogP contribution in [0.5, 0.6) is 5.75 Å². The molecule has 0 aliphatic carbocycles.